The highest BCUT2D eigenvalue weighted by molar-refractivity contribution is 5.74. The van der Waals surface area contributed by atoms with Crippen molar-refractivity contribution in [2.75, 3.05) is 13.1 Å². The van der Waals surface area contributed by atoms with Crippen molar-refractivity contribution in [3.63, 3.8) is 0 Å². The first-order chi connectivity index (χ1) is 5.57. The maximum Gasteiger partial charge on any atom is 0.336 e. The molecule has 0 aromatic heterocycles. The van der Waals surface area contributed by atoms with Crippen molar-refractivity contribution in [2.24, 2.45) is 0 Å². The van der Waals surface area contributed by atoms with Gasteiger partial charge in [-0.3, -0.25) is 0 Å². The number of carbonyl (C=O) groups excluding carboxylic acids is 1. The Bertz CT molecular complexity index is 136. The second kappa shape index (κ2) is 5.97. The topological polar surface area (TPSA) is 58.6 Å². The fraction of sp³-hybridized carbons (Fsp3) is 0.875. The van der Waals surface area contributed by atoms with Crippen molar-refractivity contribution >= 4 is 5.97 Å². The molecule has 12 heavy (non-hydrogen) atoms. The minimum absolute atomic E-state index is 0.172. The number of aliphatic hydroxyl groups excluding tert-OH is 1. The first kappa shape index (κ1) is 11.4. The second-order valence-electron chi connectivity index (χ2n) is 2.81. The Balaban J connectivity index is 3.61. The number of aliphatic hydroxyl groups is 1. The van der Waals surface area contributed by atoms with Gasteiger partial charge in [-0.05, 0) is 20.4 Å². The van der Waals surface area contributed by atoms with Crippen LogP contribution in [-0.2, 0) is 9.53 Å². The quantitative estimate of drug-likeness (QED) is 0.573. The van der Waals surface area contributed by atoms with Crippen LogP contribution >= 0.6 is 0 Å². The first-order valence-electron chi connectivity index (χ1n) is 4.17. The van der Waals surface area contributed by atoms with Crippen LogP contribution < -0.4 is 5.32 Å². The third kappa shape index (κ3) is 5.09. The molecule has 0 aromatic carbocycles. The van der Waals surface area contributed by atoms with Crippen LogP contribution in [0.25, 0.3) is 0 Å². The van der Waals surface area contributed by atoms with Gasteiger partial charge in [-0.2, -0.15) is 0 Å². The van der Waals surface area contributed by atoms with E-state index in [1.807, 2.05) is 6.92 Å². The standard InChI is InChI=1S/C8H17NO3/c1-4-9-5-7(10)8(11)12-6(2)3/h6-7,9-10H,4-5H2,1-3H3. The van der Waals surface area contributed by atoms with Gasteiger partial charge in [0.15, 0.2) is 6.10 Å². The fourth-order valence-corrected chi connectivity index (χ4v) is 0.675. The highest BCUT2D eigenvalue weighted by atomic mass is 16.6. The van der Waals surface area contributed by atoms with E-state index in [0.29, 0.717) is 0 Å². The third-order valence-electron chi connectivity index (χ3n) is 1.21. The van der Waals surface area contributed by atoms with Gasteiger partial charge in [-0.1, -0.05) is 6.92 Å². The Labute approximate surface area is 72.9 Å². The molecule has 72 valence electrons. The summed E-state index contributed by atoms with van der Waals surface area (Å²) >= 11 is 0. The summed E-state index contributed by atoms with van der Waals surface area (Å²) in [7, 11) is 0. The van der Waals surface area contributed by atoms with Gasteiger partial charge in [0.05, 0.1) is 6.10 Å². The summed E-state index contributed by atoms with van der Waals surface area (Å²) in [6.45, 7) is 6.38. The van der Waals surface area contributed by atoms with Crippen LogP contribution in [0.1, 0.15) is 20.8 Å². The van der Waals surface area contributed by atoms with Gasteiger partial charge in [0.25, 0.3) is 0 Å². The molecule has 2 N–H and O–H groups in total. The van der Waals surface area contributed by atoms with Gasteiger partial charge >= 0.3 is 5.97 Å². The van der Waals surface area contributed by atoms with Gasteiger partial charge in [-0.25, -0.2) is 4.79 Å². The van der Waals surface area contributed by atoms with E-state index < -0.39 is 12.1 Å². The van der Waals surface area contributed by atoms with Crippen LogP contribution in [0, 0.1) is 0 Å². The molecule has 0 aliphatic heterocycles. The van der Waals surface area contributed by atoms with E-state index in [-0.39, 0.29) is 12.6 Å². The van der Waals surface area contributed by atoms with Crippen LogP contribution in [0.15, 0.2) is 0 Å². The third-order valence-corrected chi connectivity index (χ3v) is 1.21. The average molecular weight is 175 g/mol. The van der Waals surface area contributed by atoms with Gasteiger partial charge in [0, 0.05) is 6.54 Å². The van der Waals surface area contributed by atoms with Crippen LogP contribution in [0.5, 0.6) is 0 Å². The summed E-state index contributed by atoms with van der Waals surface area (Å²) in [6, 6.07) is 0. The molecule has 0 aliphatic carbocycles. The van der Waals surface area contributed by atoms with Gasteiger partial charge in [0.1, 0.15) is 0 Å². The van der Waals surface area contributed by atoms with E-state index in [1.165, 1.54) is 0 Å². The van der Waals surface area contributed by atoms with Gasteiger partial charge < -0.3 is 15.2 Å². The number of ether oxygens (including phenoxy) is 1. The molecule has 0 bridgehead atoms. The lowest BCUT2D eigenvalue weighted by atomic mass is 10.3. The fourth-order valence-electron chi connectivity index (χ4n) is 0.675. The highest BCUT2D eigenvalue weighted by Gasteiger charge is 2.16. The number of rotatable bonds is 5. The molecule has 0 radical (unpaired) electrons. The predicted octanol–water partition coefficient (Wildman–Crippen LogP) is -0.0916. The van der Waals surface area contributed by atoms with E-state index in [4.69, 9.17) is 9.84 Å². The van der Waals surface area contributed by atoms with Crippen molar-refractivity contribution in [3.8, 4) is 0 Å². The number of esters is 1. The lowest BCUT2D eigenvalue weighted by Crippen LogP contribution is -2.35. The van der Waals surface area contributed by atoms with Crippen molar-refractivity contribution in [1.29, 1.82) is 0 Å². The smallest absolute Gasteiger partial charge is 0.336 e. The number of likely N-dealkylation sites (N-methyl/N-ethyl adjacent to an activating group) is 1. The summed E-state index contributed by atoms with van der Waals surface area (Å²) in [5.74, 6) is -0.564. The Hall–Kier alpha value is -0.610. The predicted molar refractivity (Wildman–Crippen MR) is 45.8 cm³/mol. The molecule has 0 aromatic rings. The maximum atomic E-state index is 10.9. The molecule has 4 heteroatoms. The molecular weight excluding hydrogens is 158 g/mol. The van der Waals surface area contributed by atoms with Crippen molar-refractivity contribution < 1.29 is 14.6 Å². The minimum Gasteiger partial charge on any atom is -0.461 e. The normalized spacial score (nSPS) is 13.1. The molecule has 0 rings (SSSR count). The van der Waals surface area contributed by atoms with Gasteiger partial charge in [-0.15, -0.1) is 0 Å². The van der Waals surface area contributed by atoms with E-state index >= 15 is 0 Å². The lowest BCUT2D eigenvalue weighted by molar-refractivity contribution is -0.157. The average Bonchev–Trinajstić information content (AvgIpc) is 1.98. The second-order valence-corrected chi connectivity index (χ2v) is 2.81. The van der Waals surface area contributed by atoms with Crippen LogP contribution in [0.4, 0.5) is 0 Å². The highest BCUT2D eigenvalue weighted by Crippen LogP contribution is 1.93. The van der Waals surface area contributed by atoms with E-state index in [9.17, 15) is 4.79 Å². The number of carbonyl (C=O) groups is 1. The zero-order valence-electron chi connectivity index (χ0n) is 7.83. The molecule has 0 fully saturated rings. The molecule has 1 unspecified atom stereocenters. The number of hydrogen-bond acceptors (Lipinski definition) is 4. The Morgan fingerprint density at radius 1 is 1.58 bits per heavy atom. The maximum absolute atomic E-state index is 10.9. The summed E-state index contributed by atoms with van der Waals surface area (Å²) in [5.41, 5.74) is 0. The molecule has 0 spiro atoms. The number of hydrogen-bond donors (Lipinski definition) is 2. The Kier molecular flexibility index (Phi) is 5.66. The van der Waals surface area contributed by atoms with Crippen LogP contribution in [0.2, 0.25) is 0 Å². The largest absolute Gasteiger partial charge is 0.461 e. The van der Waals surface area contributed by atoms with Crippen molar-refractivity contribution in [3.05, 3.63) is 0 Å². The van der Waals surface area contributed by atoms with E-state index in [2.05, 4.69) is 5.32 Å². The summed E-state index contributed by atoms with van der Waals surface area (Å²) < 4.78 is 4.78. The molecular formula is C8H17NO3. The summed E-state index contributed by atoms with van der Waals surface area (Å²) in [6.07, 6.45) is -1.22. The zero-order chi connectivity index (χ0) is 9.56. The molecule has 4 nitrogen and oxygen atoms in total. The summed E-state index contributed by atoms with van der Waals surface area (Å²) in [4.78, 5) is 10.9. The van der Waals surface area contributed by atoms with Crippen molar-refractivity contribution in [2.45, 2.75) is 33.0 Å². The monoisotopic (exact) mass is 175 g/mol. The molecule has 0 amide bonds. The minimum atomic E-state index is -1.05. The molecule has 1 atom stereocenters. The molecule has 0 saturated carbocycles. The van der Waals surface area contributed by atoms with Crippen molar-refractivity contribution in [1.82, 2.24) is 5.32 Å². The van der Waals surface area contributed by atoms with E-state index in [1.54, 1.807) is 13.8 Å². The Morgan fingerprint density at radius 3 is 2.58 bits per heavy atom. The number of nitrogens with one attached hydrogen (secondary N) is 1. The molecule has 0 heterocycles. The summed E-state index contributed by atoms with van der Waals surface area (Å²) in [5, 5.41) is 12.0. The molecule has 0 saturated heterocycles. The van der Waals surface area contributed by atoms with E-state index in [0.717, 1.165) is 6.54 Å². The first-order valence-corrected chi connectivity index (χ1v) is 4.17. The lowest BCUT2D eigenvalue weighted by Gasteiger charge is -2.12. The molecule has 0 aliphatic rings. The SMILES string of the molecule is CCNCC(O)C(=O)OC(C)C. The Morgan fingerprint density at radius 2 is 2.17 bits per heavy atom. The van der Waals surface area contributed by atoms with Crippen LogP contribution in [0.3, 0.4) is 0 Å². The van der Waals surface area contributed by atoms with Gasteiger partial charge in [0.2, 0.25) is 0 Å². The van der Waals surface area contributed by atoms with Crippen LogP contribution in [-0.4, -0.2) is 36.4 Å². The zero-order valence-corrected chi connectivity index (χ0v) is 7.83.